The number of hydrogen-bond acceptors (Lipinski definition) is 3. The average Bonchev–Trinajstić information content (AvgIpc) is 2.75. The SMILES string of the molecule is CCC(C)n1ccc(CNC2(C(=O)O)CCC2)n1. The molecular weight excluding hydrogens is 230 g/mol. The third-order valence-electron chi connectivity index (χ3n) is 3.93. The van der Waals surface area contributed by atoms with Gasteiger partial charge in [0, 0.05) is 18.8 Å². The molecule has 1 fully saturated rings. The first-order valence-electron chi connectivity index (χ1n) is 6.60. The maximum Gasteiger partial charge on any atom is 0.323 e. The predicted molar refractivity (Wildman–Crippen MR) is 68.3 cm³/mol. The number of nitrogens with one attached hydrogen (secondary N) is 1. The van der Waals surface area contributed by atoms with Crippen molar-refractivity contribution < 1.29 is 9.90 Å². The van der Waals surface area contributed by atoms with Gasteiger partial charge in [0.15, 0.2) is 0 Å². The first kappa shape index (κ1) is 13.1. The normalized spacial score (nSPS) is 19.2. The zero-order valence-electron chi connectivity index (χ0n) is 11.0. The second-order valence-corrected chi connectivity index (χ2v) is 5.14. The first-order valence-corrected chi connectivity index (χ1v) is 6.60. The predicted octanol–water partition coefficient (Wildman–Crippen LogP) is 1.95. The minimum absolute atomic E-state index is 0.385. The molecule has 100 valence electrons. The highest BCUT2D eigenvalue weighted by Crippen LogP contribution is 2.32. The van der Waals surface area contributed by atoms with Crippen LogP contribution in [0.5, 0.6) is 0 Å². The van der Waals surface area contributed by atoms with Crippen LogP contribution in [0.1, 0.15) is 51.3 Å². The van der Waals surface area contributed by atoms with Gasteiger partial charge in [0.05, 0.1) is 5.69 Å². The van der Waals surface area contributed by atoms with Crippen molar-refractivity contribution in [1.29, 1.82) is 0 Å². The Kier molecular flexibility index (Phi) is 3.71. The van der Waals surface area contributed by atoms with E-state index in [4.69, 9.17) is 0 Å². The smallest absolute Gasteiger partial charge is 0.323 e. The Labute approximate surface area is 107 Å². The zero-order chi connectivity index (χ0) is 13.2. The summed E-state index contributed by atoms with van der Waals surface area (Å²) in [5, 5.41) is 16.8. The minimum Gasteiger partial charge on any atom is -0.480 e. The molecule has 0 aromatic carbocycles. The summed E-state index contributed by atoms with van der Waals surface area (Å²) < 4.78 is 1.94. The van der Waals surface area contributed by atoms with Crippen molar-refractivity contribution in [3.8, 4) is 0 Å². The Hall–Kier alpha value is -1.36. The Bertz CT molecular complexity index is 424. The van der Waals surface area contributed by atoms with Crippen molar-refractivity contribution in [2.45, 2.75) is 57.7 Å². The molecule has 2 N–H and O–H groups in total. The molecule has 0 saturated heterocycles. The van der Waals surface area contributed by atoms with Gasteiger partial charge in [0.2, 0.25) is 0 Å². The summed E-state index contributed by atoms with van der Waals surface area (Å²) in [6, 6.07) is 2.34. The van der Waals surface area contributed by atoms with Gasteiger partial charge in [-0.15, -0.1) is 0 Å². The van der Waals surface area contributed by atoms with Crippen molar-refractivity contribution in [3.63, 3.8) is 0 Å². The molecule has 1 unspecified atom stereocenters. The molecule has 18 heavy (non-hydrogen) atoms. The second-order valence-electron chi connectivity index (χ2n) is 5.14. The quantitative estimate of drug-likeness (QED) is 0.811. The molecule has 0 spiro atoms. The molecule has 1 aliphatic carbocycles. The van der Waals surface area contributed by atoms with Crippen LogP contribution in [0.15, 0.2) is 12.3 Å². The second kappa shape index (κ2) is 5.10. The lowest BCUT2D eigenvalue weighted by atomic mass is 9.77. The zero-order valence-corrected chi connectivity index (χ0v) is 11.0. The Morgan fingerprint density at radius 1 is 1.67 bits per heavy atom. The minimum atomic E-state index is -0.741. The molecular formula is C13H21N3O2. The third kappa shape index (κ3) is 2.41. The molecule has 1 aromatic rings. The van der Waals surface area contributed by atoms with E-state index in [9.17, 15) is 9.90 Å². The molecule has 0 radical (unpaired) electrons. The van der Waals surface area contributed by atoms with E-state index < -0.39 is 11.5 Å². The molecule has 5 heteroatoms. The van der Waals surface area contributed by atoms with E-state index in [1.165, 1.54) is 0 Å². The number of carboxylic acid groups (broad SMARTS) is 1. The average molecular weight is 251 g/mol. The van der Waals surface area contributed by atoms with Gasteiger partial charge < -0.3 is 5.11 Å². The molecule has 0 bridgehead atoms. The fourth-order valence-corrected chi connectivity index (χ4v) is 2.16. The van der Waals surface area contributed by atoms with E-state index >= 15 is 0 Å². The summed E-state index contributed by atoms with van der Waals surface area (Å²) in [6.45, 7) is 4.77. The van der Waals surface area contributed by atoms with E-state index in [-0.39, 0.29) is 0 Å². The molecule has 1 saturated carbocycles. The van der Waals surface area contributed by atoms with Gasteiger partial charge in [-0.1, -0.05) is 6.92 Å². The third-order valence-corrected chi connectivity index (χ3v) is 3.93. The van der Waals surface area contributed by atoms with Crippen LogP contribution in [0.2, 0.25) is 0 Å². The summed E-state index contributed by atoms with van der Waals surface area (Å²) in [5.74, 6) is -0.741. The summed E-state index contributed by atoms with van der Waals surface area (Å²) >= 11 is 0. The lowest BCUT2D eigenvalue weighted by Crippen LogP contribution is -2.56. The van der Waals surface area contributed by atoms with Crippen LogP contribution in [0.25, 0.3) is 0 Å². The van der Waals surface area contributed by atoms with Crippen molar-refractivity contribution in [2.75, 3.05) is 0 Å². The Morgan fingerprint density at radius 3 is 2.89 bits per heavy atom. The topological polar surface area (TPSA) is 67.2 Å². The van der Waals surface area contributed by atoms with Gasteiger partial charge in [-0.05, 0) is 38.7 Å². The summed E-state index contributed by atoms with van der Waals surface area (Å²) in [5.41, 5.74) is 0.197. The standard InChI is InChI=1S/C13H21N3O2/c1-3-10(2)16-8-5-11(15-16)9-14-13(12(17)18)6-4-7-13/h5,8,10,14H,3-4,6-7,9H2,1-2H3,(H,17,18). The first-order chi connectivity index (χ1) is 8.57. The van der Waals surface area contributed by atoms with Gasteiger partial charge in [-0.3, -0.25) is 14.8 Å². The number of nitrogens with zero attached hydrogens (tertiary/aromatic N) is 2. The number of hydrogen-bond donors (Lipinski definition) is 2. The van der Waals surface area contributed by atoms with Gasteiger partial charge in [0.25, 0.3) is 0 Å². The van der Waals surface area contributed by atoms with Gasteiger partial charge in [0.1, 0.15) is 5.54 Å². The fraction of sp³-hybridized carbons (Fsp3) is 0.692. The van der Waals surface area contributed by atoms with E-state index in [0.29, 0.717) is 25.4 Å². The van der Waals surface area contributed by atoms with Crippen molar-refractivity contribution in [3.05, 3.63) is 18.0 Å². The molecule has 5 nitrogen and oxygen atoms in total. The summed E-state index contributed by atoms with van der Waals surface area (Å²) in [6.07, 6.45) is 5.41. The maximum atomic E-state index is 11.2. The van der Waals surface area contributed by atoms with E-state index in [2.05, 4.69) is 24.3 Å². The van der Waals surface area contributed by atoms with Crippen LogP contribution in [0.3, 0.4) is 0 Å². The van der Waals surface area contributed by atoms with Crippen LogP contribution >= 0.6 is 0 Å². The molecule has 1 aromatic heterocycles. The van der Waals surface area contributed by atoms with Crippen molar-refractivity contribution >= 4 is 5.97 Å². The number of carbonyl (C=O) groups is 1. The van der Waals surface area contributed by atoms with Crippen LogP contribution in [0.4, 0.5) is 0 Å². The van der Waals surface area contributed by atoms with Crippen LogP contribution in [-0.4, -0.2) is 26.4 Å². The van der Waals surface area contributed by atoms with Crippen molar-refractivity contribution in [2.24, 2.45) is 0 Å². The van der Waals surface area contributed by atoms with E-state index in [1.54, 1.807) is 0 Å². The monoisotopic (exact) mass is 251 g/mol. The molecule has 2 rings (SSSR count). The molecule has 0 amide bonds. The molecule has 1 heterocycles. The summed E-state index contributed by atoms with van der Waals surface area (Å²) in [4.78, 5) is 11.2. The lowest BCUT2D eigenvalue weighted by molar-refractivity contribution is -0.148. The molecule has 0 aliphatic heterocycles. The van der Waals surface area contributed by atoms with Crippen molar-refractivity contribution in [1.82, 2.24) is 15.1 Å². The molecule has 1 aliphatic rings. The number of aliphatic carboxylic acids is 1. The number of aromatic nitrogens is 2. The van der Waals surface area contributed by atoms with Gasteiger partial charge in [-0.25, -0.2) is 0 Å². The fourth-order valence-electron chi connectivity index (χ4n) is 2.16. The highest BCUT2D eigenvalue weighted by molar-refractivity contribution is 5.79. The van der Waals surface area contributed by atoms with E-state index in [1.807, 2.05) is 16.9 Å². The van der Waals surface area contributed by atoms with Gasteiger partial charge in [-0.2, -0.15) is 5.10 Å². The lowest BCUT2D eigenvalue weighted by Gasteiger charge is -2.38. The number of carboxylic acids is 1. The highest BCUT2D eigenvalue weighted by atomic mass is 16.4. The molecule has 1 atom stereocenters. The largest absolute Gasteiger partial charge is 0.480 e. The van der Waals surface area contributed by atoms with Crippen LogP contribution in [-0.2, 0) is 11.3 Å². The van der Waals surface area contributed by atoms with Crippen LogP contribution in [0, 0.1) is 0 Å². The van der Waals surface area contributed by atoms with Gasteiger partial charge >= 0.3 is 5.97 Å². The number of rotatable bonds is 6. The Balaban J connectivity index is 1.94. The Morgan fingerprint density at radius 2 is 2.39 bits per heavy atom. The van der Waals surface area contributed by atoms with Crippen LogP contribution < -0.4 is 5.32 Å². The highest BCUT2D eigenvalue weighted by Gasteiger charge is 2.43. The summed E-state index contributed by atoms with van der Waals surface area (Å²) in [7, 11) is 0. The van der Waals surface area contributed by atoms with E-state index in [0.717, 1.165) is 18.5 Å². The maximum absolute atomic E-state index is 11.2.